The maximum atomic E-state index is 11.8. The first-order chi connectivity index (χ1) is 10.6. The highest BCUT2D eigenvalue weighted by atomic mass is 16.3. The number of amides is 2. The Kier molecular flexibility index (Phi) is 5.64. The molecular formula is C18H24N2O2. The Morgan fingerprint density at radius 2 is 1.91 bits per heavy atom. The molecule has 2 amide bonds. The Bertz CT molecular complexity index is 605. The second-order valence-electron chi connectivity index (χ2n) is 5.65. The number of nitrogens with one attached hydrogen (secondary N) is 2. The van der Waals surface area contributed by atoms with Crippen molar-refractivity contribution in [3.8, 4) is 0 Å². The summed E-state index contributed by atoms with van der Waals surface area (Å²) in [5.41, 5.74) is 2.32. The number of benzene rings is 1. The summed E-state index contributed by atoms with van der Waals surface area (Å²) in [4.78, 5) is 11.8. The normalized spacial score (nSPS) is 12.0. The van der Waals surface area contributed by atoms with E-state index in [1.54, 1.807) is 0 Å². The molecule has 0 aliphatic rings. The molecule has 22 heavy (non-hydrogen) atoms. The highest BCUT2D eigenvalue weighted by Crippen LogP contribution is 2.17. The highest BCUT2D eigenvalue weighted by molar-refractivity contribution is 5.73. The van der Waals surface area contributed by atoms with Gasteiger partial charge in [-0.25, -0.2) is 4.79 Å². The maximum Gasteiger partial charge on any atom is 0.315 e. The summed E-state index contributed by atoms with van der Waals surface area (Å²) in [5, 5.41) is 5.76. The Balaban J connectivity index is 1.69. The lowest BCUT2D eigenvalue weighted by molar-refractivity contribution is 0.240. The van der Waals surface area contributed by atoms with Gasteiger partial charge in [-0.15, -0.1) is 0 Å². The van der Waals surface area contributed by atoms with Crippen molar-refractivity contribution >= 4 is 6.03 Å². The van der Waals surface area contributed by atoms with Crippen LogP contribution in [0.1, 0.15) is 41.9 Å². The SMILES string of the molecule is Cc1cc(CNC(=O)NCCC(C)c2ccccc2)c(C)o1. The minimum Gasteiger partial charge on any atom is -0.466 e. The van der Waals surface area contributed by atoms with Gasteiger partial charge < -0.3 is 15.1 Å². The minimum absolute atomic E-state index is 0.140. The predicted octanol–water partition coefficient (Wildman–Crippen LogP) is 3.89. The monoisotopic (exact) mass is 300 g/mol. The molecule has 0 aliphatic heterocycles. The van der Waals surface area contributed by atoms with Crippen LogP contribution in [0.15, 0.2) is 40.8 Å². The topological polar surface area (TPSA) is 54.3 Å². The van der Waals surface area contributed by atoms with Gasteiger partial charge in [0.25, 0.3) is 0 Å². The fraction of sp³-hybridized carbons (Fsp3) is 0.389. The number of rotatable bonds is 6. The molecule has 2 N–H and O–H groups in total. The molecule has 118 valence electrons. The Labute approximate surface area is 131 Å². The summed E-state index contributed by atoms with van der Waals surface area (Å²) in [7, 11) is 0. The third-order valence-corrected chi connectivity index (χ3v) is 3.81. The molecule has 0 saturated heterocycles. The van der Waals surface area contributed by atoms with Gasteiger partial charge in [-0.3, -0.25) is 0 Å². The minimum atomic E-state index is -0.140. The number of carbonyl (C=O) groups is 1. The zero-order chi connectivity index (χ0) is 15.9. The van der Waals surface area contributed by atoms with Gasteiger partial charge in [0, 0.05) is 18.7 Å². The molecule has 1 atom stereocenters. The van der Waals surface area contributed by atoms with Gasteiger partial charge in [0.1, 0.15) is 11.5 Å². The molecular weight excluding hydrogens is 276 g/mol. The van der Waals surface area contributed by atoms with Gasteiger partial charge in [-0.2, -0.15) is 0 Å². The van der Waals surface area contributed by atoms with E-state index in [-0.39, 0.29) is 6.03 Å². The molecule has 0 saturated carbocycles. The summed E-state index contributed by atoms with van der Waals surface area (Å²) in [6, 6.07) is 12.2. The van der Waals surface area contributed by atoms with E-state index in [0.29, 0.717) is 19.0 Å². The number of furan rings is 1. The third kappa shape index (κ3) is 4.65. The van der Waals surface area contributed by atoms with Crippen molar-refractivity contribution in [1.29, 1.82) is 0 Å². The van der Waals surface area contributed by atoms with Gasteiger partial charge in [0.05, 0.1) is 0 Å². The lowest BCUT2D eigenvalue weighted by atomic mass is 9.98. The highest BCUT2D eigenvalue weighted by Gasteiger charge is 2.08. The van der Waals surface area contributed by atoms with E-state index in [0.717, 1.165) is 23.5 Å². The first-order valence-corrected chi connectivity index (χ1v) is 7.69. The number of urea groups is 1. The van der Waals surface area contributed by atoms with Gasteiger partial charge in [-0.1, -0.05) is 37.3 Å². The van der Waals surface area contributed by atoms with E-state index < -0.39 is 0 Å². The number of aryl methyl sites for hydroxylation is 2. The Hall–Kier alpha value is -2.23. The van der Waals surface area contributed by atoms with E-state index in [4.69, 9.17) is 4.42 Å². The first kappa shape index (κ1) is 16.1. The van der Waals surface area contributed by atoms with Crippen LogP contribution in [0.2, 0.25) is 0 Å². The van der Waals surface area contributed by atoms with Crippen LogP contribution >= 0.6 is 0 Å². The second-order valence-corrected chi connectivity index (χ2v) is 5.65. The van der Waals surface area contributed by atoms with Gasteiger partial charge >= 0.3 is 6.03 Å². The molecule has 2 rings (SSSR count). The number of hydrogen-bond donors (Lipinski definition) is 2. The first-order valence-electron chi connectivity index (χ1n) is 7.69. The average Bonchev–Trinajstić information content (AvgIpc) is 2.84. The molecule has 0 fully saturated rings. The molecule has 0 aliphatic carbocycles. The molecule has 1 aromatic heterocycles. The summed E-state index contributed by atoms with van der Waals surface area (Å²) >= 11 is 0. The number of hydrogen-bond acceptors (Lipinski definition) is 2. The van der Waals surface area contributed by atoms with E-state index in [9.17, 15) is 4.79 Å². The fourth-order valence-electron chi connectivity index (χ4n) is 2.45. The summed E-state index contributed by atoms with van der Waals surface area (Å²) in [6.45, 7) is 7.13. The van der Waals surface area contributed by atoms with Crippen molar-refractivity contribution in [1.82, 2.24) is 10.6 Å². The van der Waals surface area contributed by atoms with E-state index >= 15 is 0 Å². The molecule has 1 heterocycles. The largest absolute Gasteiger partial charge is 0.466 e. The molecule has 0 spiro atoms. The van der Waals surface area contributed by atoms with Gasteiger partial charge in [0.2, 0.25) is 0 Å². The van der Waals surface area contributed by atoms with Crippen molar-refractivity contribution in [3.63, 3.8) is 0 Å². The molecule has 4 nitrogen and oxygen atoms in total. The Morgan fingerprint density at radius 1 is 1.18 bits per heavy atom. The third-order valence-electron chi connectivity index (χ3n) is 3.81. The molecule has 0 bridgehead atoms. The van der Waals surface area contributed by atoms with Gasteiger partial charge in [0.15, 0.2) is 0 Å². The summed E-state index contributed by atoms with van der Waals surface area (Å²) < 4.78 is 5.44. The van der Waals surface area contributed by atoms with Crippen molar-refractivity contribution in [2.45, 2.75) is 39.7 Å². The van der Waals surface area contributed by atoms with Crippen LogP contribution < -0.4 is 10.6 Å². The van der Waals surface area contributed by atoms with E-state index in [1.807, 2.05) is 38.1 Å². The van der Waals surface area contributed by atoms with Crippen LogP contribution in [0.4, 0.5) is 4.79 Å². The second kappa shape index (κ2) is 7.69. The zero-order valence-electron chi connectivity index (χ0n) is 13.5. The Morgan fingerprint density at radius 3 is 2.55 bits per heavy atom. The molecule has 1 unspecified atom stereocenters. The van der Waals surface area contributed by atoms with Crippen LogP contribution in [0.3, 0.4) is 0 Å². The van der Waals surface area contributed by atoms with Crippen LogP contribution in [-0.4, -0.2) is 12.6 Å². The zero-order valence-corrected chi connectivity index (χ0v) is 13.5. The predicted molar refractivity (Wildman–Crippen MR) is 87.9 cm³/mol. The van der Waals surface area contributed by atoms with Crippen LogP contribution in [-0.2, 0) is 6.54 Å². The smallest absolute Gasteiger partial charge is 0.315 e. The standard InChI is InChI=1S/C18H24N2O2/c1-13(16-7-5-4-6-8-16)9-10-19-18(21)20-12-17-11-14(2)22-15(17)3/h4-8,11,13H,9-10,12H2,1-3H3,(H2,19,20,21). The molecule has 2 aromatic rings. The van der Waals surface area contributed by atoms with Crippen LogP contribution in [0, 0.1) is 13.8 Å². The van der Waals surface area contributed by atoms with E-state index in [1.165, 1.54) is 5.56 Å². The van der Waals surface area contributed by atoms with Crippen molar-refractivity contribution in [3.05, 3.63) is 59.0 Å². The van der Waals surface area contributed by atoms with Crippen molar-refractivity contribution < 1.29 is 9.21 Å². The quantitative estimate of drug-likeness (QED) is 0.850. The van der Waals surface area contributed by atoms with Crippen LogP contribution in [0.25, 0.3) is 0 Å². The molecule has 1 aromatic carbocycles. The lowest BCUT2D eigenvalue weighted by Crippen LogP contribution is -2.35. The summed E-state index contributed by atoms with van der Waals surface area (Å²) in [5.74, 6) is 2.15. The average molecular weight is 300 g/mol. The van der Waals surface area contributed by atoms with Gasteiger partial charge in [-0.05, 0) is 37.8 Å². The maximum absolute atomic E-state index is 11.8. The van der Waals surface area contributed by atoms with Crippen LogP contribution in [0.5, 0.6) is 0 Å². The molecule has 4 heteroatoms. The van der Waals surface area contributed by atoms with Crippen molar-refractivity contribution in [2.75, 3.05) is 6.54 Å². The number of carbonyl (C=O) groups excluding carboxylic acids is 1. The fourth-order valence-corrected chi connectivity index (χ4v) is 2.45. The van der Waals surface area contributed by atoms with Crippen molar-refractivity contribution in [2.24, 2.45) is 0 Å². The van der Waals surface area contributed by atoms with E-state index in [2.05, 4.69) is 29.7 Å². The lowest BCUT2D eigenvalue weighted by Gasteiger charge is -2.12. The molecule has 0 radical (unpaired) electrons. The summed E-state index contributed by atoms with van der Waals surface area (Å²) in [6.07, 6.45) is 0.918.